The molecule has 0 aliphatic heterocycles. The van der Waals surface area contributed by atoms with Gasteiger partial charge in [0, 0.05) is 16.6 Å². The molecule has 5 nitrogen and oxygen atoms in total. The highest BCUT2D eigenvalue weighted by Crippen LogP contribution is 2.21. The van der Waals surface area contributed by atoms with Crippen molar-refractivity contribution in [3.05, 3.63) is 64.8 Å². The number of thiazole rings is 1. The predicted molar refractivity (Wildman–Crippen MR) is 98.7 cm³/mol. The van der Waals surface area contributed by atoms with Crippen LogP contribution in [0.25, 0.3) is 10.7 Å². The molecule has 2 aromatic heterocycles. The zero-order valence-corrected chi connectivity index (χ0v) is 15.1. The van der Waals surface area contributed by atoms with E-state index in [1.165, 1.54) is 11.3 Å². The molecule has 0 fully saturated rings. The Morgan fingerprint density at radius 2 is 2.08 bits per heavy atom. The number of amides is 1. The summed E-state index contributed by atoms with van der Waals surface area (Å²) in [6.07, 6.45) is 1.11. The lowest BCUT2D eigenvalue weighted by Crippen LogP contribution is -2.35. The molecule has 0 radical (unpaired) electrons. The van der Waals surface area contributed by atoms with Gasteiger partial charge in [0.25, 0.3) is 5.91 Å². The summed E-state index contributed by atoms with van der Waals surface area (Å²) in [4.78, 5) is 20.9. The monoisotopic (exact) mass is 373 g/mol. The Hall–Kier alpha value is -2.44. The molecule has 0 saturated heterocycles. The van der Waals surface area contributed by atoms with Crippen molar-refractivity contribution in [1.29, 1.82) is 0 Å². The van der Waals surface area contributed by atoms with Crippen LogP contribution >= 0.6 is 22.9 Å². The number of rotatable bonds is 6. The number of aromatic nitrogens is 2. The second-order valence-electron chi connectivity index (χ2n) is 5.29. The van der Waals surface area contributed by atoms with Crippen LogP contribution in [0.5, 0.6) is 5.75 Å². The van der Waals surface area contributed by atoms with Gasteiger partial charge >= 0.3 is 0 Å². The van der Waals surface area contributed by atoms with Crippen LogP contribution in [0.15, 0.2) is 54.0 Å². The van der Waals surface area contributed by atoms with Gasteiger partial charge in [0.2, 0.25) is 0 Å². The third kappa shape index (κ3) is 4.78. The zero-order chi connectivity index (χ0) is 17.6. The summed E-state index contributed by atoms with van der Waals surface area (Å²) in [6, 6.07) is 12.6. The molecule has 0 aliphatic rings. The maximum Gasteiger partial charge on any atom is 0.261 e. The maximum absolute atomic E-state index is 12.2. The minimum Gasteiger partial charge on any atom is -0.481 e. The van der Waals surface area contributed by atoms with Gasteiger partial charge in [0.1, 0.15) is 10.8 Å². The average molecular weight is 374 g/mol. The van der Waals surface area contributed by atoms with E-state index < -0.39 is 6.10 Å². The lowest BCUT2D eigenvalue weighted by atomic mass is 10.3. The number of benzene rings is 1. The van der Waals surface area contributed by atoms with Crippen LogP contribution in [-0.2, 0) is 11.3 Å². The van der Waals surface area contributed by atoms with Gasteiger partial charge in [-0.2, -0.15) is 0 Å². The molecule has 0 spiro atoms. The molecule has 3 aromatic rings. The number of halogens is 1. The summed E-state index contributed by atoms with van der Waals surface area (Å²) >= 11 is 7.33. The molecular weight excluding hydrogens is 358 g/mol. The minimum atomic E-state index is -0.616. The average Bonchev–Trinajstić information content (AvgIpc) is 3.11. The van der Waals surface area contributed by atoms with Gasteiger partial charge in [-0.1, -0.05) is 17.7 Å². The molecule has 1 unspecified atom stereocenters. The Bertz CT molecular complexity index is 837. The van der Waals surface area contributed by atoms with Crippen molar-refractivity contribution in [2.45, 2.75) is 19.6 Å². The Labute approximate surface area is 154 Å². The Kier molecular flexibility index (Phi) is 5.63. The molecular formula is C18H16ClN3O2S. The van der Waals surface area contributed by atoms with Crippen molar-refractivity contribution in [3.63, 3.8) is 0 Å². The fraction of sp³-hybridized carbons (Fsp3) is 0.167. The third-order valence-corrected chi connectivity index (χ3v) is 4.54. The number of pyridine rings is 1. The van der Waals surface area contributed by atoms with E-state index in [0.717, 1.165) is 16.4 Å². The molecule has 7 heteroatoms. The fourth-order valence-corrected chi connectivity index (χ4v) is 3.01. The zero-order valence-electron chi connectivity index (χ0n) is 13.5. The van der Waals surface area contributed by atoms with E-state index >= 15 is 0 Å². The first-order valence-corrected chi connectivity index (χ1v) is 8.93. The normalized spacial score (nSPS) is 11.8. The van der Waals surface area contributed by atoms with E-state index in [0.29, 0.717) is 17.3 Å². The van der Waals surface area contributed by atoms with Gasteiger partial charge in [-0.3, -0.25) is 9.78 Å². The summed E-state index contributed by atoms with van der Waals surface area (Å²) in [7, 11) is 0. The van der Waals surface area contributed by atoms with E-state index in [-0.39, 0.29) is 5.91 Å². The SMILES string of the molecule is CC(Oc1ccc(Cl)cc1)C(=O)NCc1csc(-c2ccccn2)n1. The van der Waals surface area contributed by atoms with Crippen LogP contribution in [-0.4, -0.2) is 22.0 Å². The number of nitrogens with zero attached hydrogens (tertiary/aromatic N) is 2. The van der Waals surface area contributed by atoms with Crippen molar-refractivity contribution < 1.29 is 9.53 Å². The fourth-order valence-electron chi connectivity index (χ4n) is 2.09. The first-order chi connectivity index (χ1) is 12.1. The predicted octanol–water partition coefficient (Wildman–Crippen LogP) is 3.94. The summed E-state index contributed by atoms with van der Waals surface area (Å²) in [5.74, 6) is 0.389. The van der Waals surface area contributed by atoms with Crippen molar-refractivity contribution in [3.8, 4) is 16.5 Å². The second-order valence-corrected chi connectivity index (χ2v) is 6.59. The Morgan fingerprint density at radius 1 is 1.28 bits per heavy atom. The Balaban J connectivity index is 1.53. The molecule has 0 saturated carbocycles. The molecule has 3 rings (SSSR count). The summed E-state index contributed by atoms with van der Waals surface area (Å²) < 4.78 is 5.60. The van der Waals surface area contributed by atoms with Gasteiger partial charge in [0.05, 0.1) is 17.9 Å². The first kappa shape index (κ1) is 17.4. The molecule has 1 amide bonds. The molecule has 2 heterocycles. The van der Waals surface area contributed by atoms with Crippen molar-refractivity contribution in [2.75, 3.05) is 0 Å². The lowest BCUT2D eigenvalue weighted by Gasteiger charge is -2.14. The smallest absolute Gasteiger partial charge is 0.261 e. The van der Waals surface area contributed by atoms with E-state index in [1.807, 2.05) is 23.6 Å². The molecule has 1 N–H and O–H groups in total. The summed E-state index contributed by atoms with van der Waals surface area (Å²) in [6.45, 7) is 2.04. The second kappa shape index (κ2) is 8.09. The van der Waals surface area contributed by atoms with Gasteiger partial charge in [-0.25, -0.2) is 4.98 Å². The third-order valence-electron chi connectivity index (χ3n) is 3.38. The van der Waals surface area contributed by atoms with Crippen LogP contribution in [0.2, 0.25) is 5.02 Å². The van der Waals surface area contributed by atoms with Crippen LogP contribution in [0.4, 0.5) is 0 Å². The van der Waals surface area contributed by atoms with E-state index in [1.54, 1.807) is 37.4 Å². The molecule has 25 heavy (non-hydrogen) atoms. The van der Waals surface area contributed by atoms with Crippen LogP contribution in [0.3, 0.4) is 0 Å². The van der Waals surface area contributed by atoms with E-state index in [4.69, 9.17) is 16.3 Å². The molecule has 0 aliphatic carbocycles. The summed E-state index contributed by atoms with van der Waals surface area (Å²) in [5, 5.41) is 6.19. The number of hydrogen-bond donors (Lipinski definition) is 1. The minimum absolute atomic E-state index is 0.206. The van der Waals surface area contributed by atoms with Crippen LogP contribution < -0.4 is 10.1 Å². The van der Waals surface area contributed by atoms with E-state index in [2.05, 4.69) is 15.3 Å². The van der Waals surface area contributed by atoms with Crippen molar-refractivity contribution in [2.24, 2.45) is 0 Å². The van der Waals surface area contributed by atoms with Gasteiger partial charge in [0.15, 0.2) is 6.10 Å². The number of ether oxygens (including phenoxy) is 1. The largest absolute Gasteiger partial charge is 0.481 e. The molecule has 128 valence electrons. The van der Waals surface area contributed by atoms with E-state index in [9.17, 15) is 4.79 Å². The van der Waals surface area contributed by atoms with Gasteiger partial charge in [-0.05, 0) is 43.3 Å². The van der Waals surface area contributed by atoms with Gasteiger partial charge < -0.3 is 10.1 Å². The number of hydrogen-bond acceptors (Lipinski definition) is 5. The van der Waals surface area contributed by atoms with Crippen molar-refractivity contribution in [1.82, 2.24) is 15.3 Å². The van der Waals surface area contributed by atoms with Crippen molar-refractivity contribution >= 4 is 28.8 Å². The molecule has 1 atom stereocenters. The molecule has 0 bridgehead atoms. The standard InChI is InChI=1S/C18H16ClN3O2S/c1-12(24-15-7-5-13(19)6-8-15)17(23)21-10-14-11-25-18(22-14)16-4-2-3-9-20-16/h2-9,11-12H,10H2,1H3,(H,21,23). The quantitative estimate of drug-likeness (QED) is 0.710. The topological polar surface area (TPSA) is 64.1 Å². The lowest BCUT2D eigenvalue weighted by molar-refractivity contribution is -0.127. The van der Waals surface area contributed by atoms with Gasteiger partial charge in [-0.15, -0.1) is 11.3 Å². The number of carbonyl (C=O) groups excluding carboxylic acids is 1. The highest BCUT2D eigenvalue weighted by Gasteiger charge is 2.15. The number of carbonyl (C=O) groups is 1. The van der Waals surface area contributed by atoms with Crippen LogP contribution in [0.1, 0.15) is 12.6 Å². The summed E-state index contributed by atoms with van der Waals surface area (Å²) in [5.41, 5.74) is 1.61. The maximum atomic E-state index is 12.2. The van der Waals surface area contributed by atoms with Crippen LogP contribution in [0, 0.1) is 0 Å². The molecule has 1 aromatic carbocycles. The Morgan fingerprint density at radius 3 is 2.80 bits per heavy atom. The highest BCUT2D eigenvalue weighted by atomic mass is 35.5. The highest BCUT2D eigenvalue weighted by molar-refractivity contribution is 7.13. The number of nitrogens with one attached hydrogen (secondary N) is 1. The first-order valence-electron chi connectivity index (χ1n) is 7.67.